The van der Waals surface area contributed by atoms with Gasteiger partial charge < -0.3 is 14.7 Å². The lowest BCUT2D eigenvalue weighted by Gasteiger charge is -2.38. The fourth-order valence-corrected chi connectivity index (χ4v) is 8.36. The van der Waals surface area contributed by atoms with E-state index in [1.807, 2.05) is 87.7 Å². The number of hydrogen-bond acceptors (Lipinski definition) is 6. The number of halogens is 1. The molecule has 0 aliphatic heterocycles. The predicted octanol–water partition coefficient (Wildman–Crippen LogP) is 9.67. The Morgan fingerprint density at radius 3 is 1.93 bits per heavy atom. The molecule has 9 nitrogen and oxygen atoms in total. The van der Waals surface area contributed by atoms with Crippen molar-refractivity contribution in [1.82, 2.24) is 29.6 Å². The molecule has 0 unspecified atom stereocenters. The molecule has 3 aromatic heterocycles. The van der Waals surface area contributed by atoms with E-state index in [1.54, 1.807) is 16.9 Å². The summed E-state index contributed by atoms with van der Waals surface area (Å²) >= 11 is 0. The van der Waals surface area contributed by atoms with E-state index in [1.165, 1.54) is 19.1 Å². The Balaban J connectivity index is 1.48. The molecule has 0 fully saturated rings. The molecule has 298 valence electrons. The summed E-state index contributed by atoms with van der Waals surface area (Å²) in [5, 5.41) is 8.55. The number of aromatic nitrogens is 5. The first-order valence-corrected chi connectivity index (χ1v) is 22.7. The van der Waals surface area contributed by atoms with Crippen molar-refractivity contribution >= 4 is 42.1 Å². The first-order valence-electron chi connectivity index (χ1n) is 19.8. The topological polar surface area (TPSA) is 115 Å². The van der Waals surface area contributed by atoms with Crippen molar-refractivity contribution in [3.63, 3.8) is 0 Å². The Morgan fingerprint density at radius 1 is 0.828 bits per heavy atom. The highest BCUT2D eigenvalue weighted by Crippen LogP contribution is 2.44. The Morgan fingerprint density at radius 2 is 1.40 bits per heavy atom. The van der Waals surface area contributed by atoms with Crippen LogP contribution >= 0.6 is 0 Å². The normalized spacial score (nSPS) is 12.6. The first-order chi connectivity index (χ1) is 27.5. The number of nitrogens with zero attached hydrogens (tertiary/aromatic N) is 5. The summed E-state index contributed by atoms with van der Waals surface area (Å²) in [6.45, 7) is 13.9. The van der Waals surface area contributed by atoms with Crippen molar-refractivity contribution in [1.29, 1.82) is 0 Å². The van der Waals surface area contributed by atoms with Gasteiger partial charge in [-0.3, -0.25) is 14.3 Å². The van der Waals surface area contributed by atoms with Gasteiger partial charge in [0.2, 0.25) is 0 Å². The van der Waals surface area contributed by atoms with Crippen molar-refractivity contribution in [2.75, 3.05) is 0 Å². The van der Waals surface area contributed by atoms with E-state index in [4.69, 9.17) is 15.1 Å². The van der Waals surface area contributed by atoms with Crippen molar-refractivity contribution in [3.8, 4) is 11.4 Å². The molecule has 2 N–H and O–H groups in total. The van der Waals surface area contributed by atoms with Crippen LogP contribution in [0.15, 0.2) is 122 Å². The highest BCUT2D eigenvalue weighted by atomic mass is 28.4. The van der Waals surface area contributed by atoms with E-state index in [0.29, 0.717) is 45.4 Å². The van der Waals surface area contributed by atoms with E-state index in [0.717, 1.165) is 23.1 Å². The predicted molar refractivity (Wildman–Crippen MR) is 231 cm³/mol. The minimum atomic E-state index is -2.49. The standard InChI is InChI=1S/C47H51FN6O3Si/c1-32(55)25-28-54-40-29-36(48)23-24-37(40)41(52-54)39-30-49-43-42(50-39)38(44(56)51-45(2,3)26-27-46(4,5)58(6,7)57)31-53(43)47(33-17-11-8-12-18-33,34-19-13-9-14-20-34)35-21-15-10-16-22-35/h8-24,29-31,57H,25-28H2,1-7H3,(H,51,56). The fraction of sp³-hybridized carbons (Fsp3) is 0.298. The monoisotopic (exact) mass is 794 g/mol. The Bertz CT molecular complexity index is 2500. The molecular weight excluding hydrogens is 744 g/mol. The number of fused-ring (bicyclic) bond motifs is 2. The summed E-state index contributed by atoms with van der Waals surface area (Å²) in [7, 11) is -2.49. The molecular formula is C47H51FN6O3Si. The molecule has 0 spiro atoms. The van der Waals surface area contributed by atoms with Crippen molar-refractivity contribution in [2.24, 2.45) is 0 Å². The Hall–Kier alpha value is -5.78. The molecule has 3 heterocycles. The van der Waals surface area contributed by atoms with Crippen LogP contribution in [0.5, 0.6) is 0 Å². The third kappa shape index (κ3) is 7.64. The minimum absolute atomic E-state index is 0.00724. The van der Waals surface area contributed by atoms with Crippen LogP contribution in [0.2, 0.25) is 18.1 Å². The molecule has 4 aromatic carbocycles. The van der Waals surface area contributed by atoms with E-state index in [9.17, 15) is 18.8 Å². The van der Waals surface area contributed by atoms with Crippen LogP contribution in [0.4, 0.5) is 4.39 Å². The molecule has 7 aromatic rings. The summed E-state index contributed by atoms with van der Waals surface area (Å²) in [6, 6.07) is 35.0. The number of rotatable bonds is 14. The quantitative estimate of drug-likeness (QED) is 0.0838. The molecule has 0 radical (unpaired) electrons. The second kappa shape index (κ2) is 15.5. The zero-order valence-corrected chi connectivity index (χ0v) is 35.3. The van der Waals surface area contributed by atoms with Crippen LogP contribution in [-0.4, -0.2) is 54.7 Å². The van der Waals surface area contributed by atoms with Gasteiger partial charge in [0.1, 0.15) is 34.0 Å². The average Bonchev–Trinajstić information content (AvgIpc) is 3.76. The maximum absolute atomic E-state index is 14.9. The SMILES string of the molecule is CC(=O)CCn1nc(-c2cnc3c(n2)c(C(=O)NC(C)(C)CCC(C)(C)[Si](C)(C)O)cn3C(c2ccccc2)(c2ccccc2)c2ccccc2)c2ccc(F)cc21. The maximum Gasteiger partial charge on any atom is 0.255 e. The third-order valence-electron chi connectivity index (χ3n) is 11.8. The first kappa shape index (κ1) is 40.4. The molecule has 0 saturated heterocycles. The van der Waals surface area contributed by atoms with Gasteiger partial charge in [-0.25, -0.2) is 14.4 Å². The van der Waals surface area contributed by atoms with E-state index < -0.39 is 25.2 Å². The average molecular weight is 795 g/mol. The van der Waals surface area contributed by atoms with Gasteiger partial charge in [0.25, 0.3) is 5.91 Å². The van der Waals surface area contributed by atoms with Crippen LogP contribution < -0.4 is 5.32 Å². The number of hydrogen-bond donors (Lipinski definition) is 2. The van der Waals surface area contributed by atoms with Crippen LogP contribution in [0.25, 0.3) is 33.5 Å². The summed E-state index contributed by atoms with van der Waals surface area (Å²) in [5.41, 5.74) is 3.80. The maximum atomic E-state index is 14.9. The Kier molecular flexibility index (Phi) is 10.8. The number of benzene rings is 4. The second-order valence-electron chi connectivity index (χ2n) is 17.1. The highest BCUT2D eigenvalue weighted by Gasteiger charge is 2.42. The van der Waals surface area contributed by atoms with Crippen molar-refractivity contribution < 1.29 is 18.8 Å². The number of ketones is 1. The fourth-order valence-electron chi connectivity index (χ4n) is 7.62. The number of carbonyl (C=O) groups is 2. The van der Waals surface area contributed by atoms with E-state index in [2.05, 4.69) is 60.1 Å². The number of aryl methyl sites for hydroxylation is 1. The van der Waals surface area contributed by atoms with Crippen molar-refractivity contribution in [2.45, 2.75) is 89.6 Å². The number of Topliss-reactive ketones (excluding diaryl/α,β-unsaturated/α-hetero) is 1. The molecule has 0 aliphatic rings. The van der Waals surface area contributed by atoms with Crippen LogP contribution in [-0.2, 0) is 16.9 Å². The van der Waals surface area contributed by atoms with Gasteiger partial charge in [-0.05, 0) is 86.6 Å². The van der Waals surface area contributed by atoms with Gasteiger partial charge >= 0.3 is 0 Å². The number of nitrogens with one attached hydrogen (secondary N) is 1. The van der Waals surface area contributed by atoms with Gasteiger partial charge in [0.15, 0.2) is 14.0 Å². The van der Waals surface area contributed by atoms with E-state index in [-0.39, 0.29) is 29.7 Å². The lowest BCUT2D eigenvalue weighted by molar-refractivity contribution is -0.117. The van der Waals surface area contributed by atoms with Gasteiger partial charge in [-0.15, -0.1) is 0 Å². The zero-order chi connectivity index (χ0) is 41.5. The van der Waals surface area contributed by atoms with Crippen molar-refractivity contribution in [3.05, 3.63) is 150 Å². The Labute approximate surface area is 340 Å². The molecule has 0 saturated carbocycles. The summed E-state index contributed by atoms with van der Waals surface area (Å²) in [5.74, 6) is -0.747. The molecule has 7 rings (SSSR count). The lowest BCUT2D eigenvalue weighted by atomic mass is 9.76. The summed E-state index contributed by atoms with van der Waals surface area (Å²) < 4.78 is 18.3. The third-order valence-corrected chi connectivity index (χ3v) is 15.4. The molecule has 0 atom stereocenters. The molecule has 0 aliphatic carbocycles. The van der Waals surface area contributed by atoms with Crippen LogP contribution in [0.1, 0.15) is 80.9 Å². The minimum Gasteiger partial charge on any atom is -0.432 e. The molecule has 1 amide bonds. The van der Waals surface area contributed by atoms with Gasteiger partial charge in [-0.1, -0.05) is 105 Å². The number of amides is 1. The largest absolute Gasteiger partial charge is 0.432 e. The van der Waals surface area contributed by atoms with Gasteiger partial charge in [-0.2, -0.15) is 5.10 Å². The zero-order valence-electron chi connectivity index (χ0n) is 34.3. The molecule has 0 bridgehead atoms. The van der Waals surface area contributed by atoms with Gasteiger partial charge in [0, 0.05) is 30.1 Å². The number of carbonyl (C=O) groups excluding carboxylic acids is 2. The van der Waals surface area contributed by atoms with Crippen LogP contribution in [0, 0.1) is 5.82 Å². The smallest absolute Gasteiger partial charge is 0.255 e. The summed E-state index contributed by atoms with van der Waals surface area (Å²) in [6.07, 6.45) is 5.11. The highest BCUT2D eigenvalue weighted by molar-refractivity contribution is 6.72. The van der Waals surface area contributed by atoms with E-state index >= 15 is 0 Å². The molecule has 58 heavy (non-hydrogen) atoms. The van der Waals surface area contributed by atoms with Crippen LogP contribution in [0.3, 0.4) is 0 Å². The second-order valence-corrected chi connectivity index (χ2v) is 21.6. The summed E-state index contributed by atoms with van der Waals surface area (Å²) in [4.78, 5) is 48.2. The lowest BCUT2D eigenvalue weighted by Crippen LogP contribution is -2.46. The van der Waals surface area contributed by atoms with Gasteiger partial charge in [0.05, 0.1) is 17.3 Å². The molecule has 11 heteroatoms.